The maximum absolute atomic E-state index is 6.29. The fraction of sp³-hybridized carbons (Fsp3) is 0.700. The molecule has 0 fully saturated rings. The normalized spacial score (nSPS) is 12.5. The molecule has 0 spiro atoms. The molecule has 5 heteroatoms. The van der Waals surface area contributed by atoms with E-state index < -0.39 is 8.32 Å². The monoisotopic (exact) mass is 367 g/mol. The highest BCUT2D eigenvalue weighted by atomic mass is 28.4. The van der Waals surface area contributed by atoms with Crippen LogP contribution >= 0.6 is 0 Å². The van der Waals surface area contributed by atoms with Crippen molar-refractivity contribution in [2.45, 2.75) is 72.2 Å². The number of nitrogen functional groups attached to an aromatic ring is 1. The van der Waals surface area contributed by atoms with Crippen LogP contribution in [0.25, 0.3) is 0 Å². The van der Waals surface area contributed by atoms with Gasteiger partial charge in [-0.2, -0.15) is 0 Å². The first-order valence-electron chi connectivity index (χ1n) is 9.21. The van der Waals surface area contributed by atoms with Gasteiger partial charge >= 0.3 is 0 Å². The Morgan fingerprint density at radius 2 is 1.76 bits per heavy atom. The highest BCUT2D eigenvalue weighted by molar-refractivity contribution is 6.74. The number of hydrogen-bond acceptors (Lipinski definition) is 4. The summed E-state index contributed by atoms with van der Waals surface area (Å²) < 4.78 is 17.7. The van der Waals surface area contributed by atoms with Gasteiger partial charge in [0.2, 0.25) is 0 Å². The third-order valence-corrected chi connectivity index (χ3v) is 9.48. The van der Waals surface area contributed by atoms with Crippen LogP contribution in [0, 0.1) is 5.92 Å². The van der Waals surface area contributed by atoms with Crippen LogP contribution in [0.15, 0.2) is 12.1 Å². The molecule has 2 N–H and O–H groups in total. The molecule has 0 amide bonds. The summed E-state index contributed by atoms with van der Waals surface area (Å²) >= 11 is 0. The molecular weight excluding hydrogens is 330 g/mol. The Kier molecular flexibility index (Phi) is 7.81. The van der Waals surface area contributed by atoms with Gasteiger partial charge in [-0.15, -0.1) is 0 Å². The van der Waals surface area contributed by atoms with Gasteiger partial charge in [0.25, 0.3) is 0 Å². The summed E-state index contributed by atoms with van der Waals surface area (Å²) in [4.78, 5) is 0. The third-order valence-electron chi connectivity index (χ3n) is 5.00. The summed E-state index contributed by atoms with van der Waals surface area (Å²) in [5, 5.41) is 0.172. The van der Waals surface area contributed by atoms with Crippen molar-refractivity contribution in [3.05, 3.63) is 17.7 Å². The van der Waals surface area contributed by atoms with E-state index in [1.54, 1.807) is 7.11 Å². The number of ether oxygens (including phenoxy) is 2. The molecule has 0 unspecified atom stereocenters. The molecule has 0 atom stereocenters. The molecule has 0 aliphatic heterocycles. The summed E-state index contributed by atoms with van der Waals surface area (Å²) in [5.74, 6) is 2.11. The zero-order chi connectivity index (χ0) is 19.3. The van der Waals surface area contributed by atoms with E-state index >= 15 is 0 Å². The average Bonchev–Trinajstić information content (AvgIpc) is 2.49. The van der Waals surface area contributed by atoms with Crippen molar-refractivity contribution >= 4 is 14.0 Å². The Morgan fingerprint density at radius 3 is 2.28 bits per heavy atom. The molecule has 0 bridgehead atoms. The van der Waals surface area contributed by atoms with Crippen molar-refractivity contribution in [1.82, 2.24) is 0 Å². The van der Waals surface area contributed by atoms with E-state index in [0.717, 1.165) is 18.4 Å². The Labute approximate surface area is 155 Å². The number of anilines is 1. The molecule has 0 aliphatic carbocycles. The molecule has 0 aliphatic rings. The van der Waals surface area contributed by atoms with Gasteiger partial charge in [-0.1, -0.05) is 34.6 Å². The first-order chi connectivity index (χ1) is 11.5. The Morgan fingerprint density at radius 1 is 1.12 bits per heavy atom. The fourth-order valence-corrected chi connectivity index (χ4v) is 3.11. The molecule has 1 aromatic carbocycles. The SMILES string of the molecule is COc1cc(CO[Si](C)(C)C(C)(C)C)c(N)cc1OCCCC(C)C. The Balaban J connectivity index is 2.80. The summed E-state index contributed by atoms with van der Waals surface area (Å²) in [7, 11) is -0.158. The zero-order valence-corrected chi connectivity index (χ0v) is 18.4. The maximum Gasteiger partial charge on any atom is 0.192 e. The van der Waals surface area contributed by atoms with Gasteiger partial charge in [0.1, 0.15) is 0 Å². The summed E-state index contributed by atoms with van der Waals surface area (Å²) in [5.41, 5.74) is 7.88. The number of methoxy groups -OCH3 is 1. The smallest absolute Gasteiger partial charge is 0.192 e. The minimum atomic E-state index is -1.82. The number of benzene rings is 1. The first-order valence-corrected chi connectivity index (χ1v) is 12.1. The van der Waals surface area contributed by atoms with E-state index in [-0.39, 0.29) is 5.04 Å². The second-order valence-corrected chi connectivity index (χ2v) is 13.4. The predicted molar refractivity (Wildman–Crippen MR) is 109 cm³/mol. The second kappa shape index (κ2) is 8.95. The second-order valence-electron chi connectivity index (χ2n) is 8.64. The van der Waals surface area contributed by atoms with Gasteiger partial charge in [0, 0.05) is 17.3 Å². The molecule has 1 aromatic rings. The van der Waals surface area contributed by atoms with Crippen molar-refractivity contribution in [3.63, 3.8) is 0 Å². The van der Waals surface area contributed by atoms with E-state index in [4.69, 9.17) is 19.6 Å². The van der Waals surface area contributed by atoms with Crippen LogP contribution < -0.4 is 15.2 Å². The lowest BCUT2D eigenvalue weighted by Gasteiger charge is -2.36. The summed E-state index contributed by atoms with van der Waals surface area (Å²) in [6, 6.07) is 3.80. The molecule has 1 rings (SSSR count). The van der Waals surface area contributed by atoms with Crippen molar-refractivity contribution in [2.24, 2.45) is 5.92 Å². The van der Waals surface area contributed by atoms with Gasteiger partial charge in [-0.25, -0.2) is 0 Å². The van der Waals surface area contributed by atoms with Gasteiger partial charge in [-0.3, -0.25) is 0 Å². The molecule has 4 nitrogen and oxygen atoms in total. The largest absolute Gasteiger partial charge is 0.493 e. The number of rotatable bonds is 9. The molecule has 144 valence electrons. The number of hydrogen-bond donors (Lipinski definition) is 1. The number of nitrogens with two attached hydrogens (primary N) is 1. The van der Waals surface area contributed by atoms with Gasteiger partial charge < -0.3 is 19.6 Å². The summed E-state index contributed by atoms with van der Waals surface area (Å²) in [6.07, 6.45) is 2.17. The van der Waals surface area contributed by atoms with Crippen LogP contribution in [0.4, 0.5) is 5.69 Å². The molecule has 0 saturated heterocycles. The van der Waals surface area contributed by atoms with Gasteiger partial charge in [-0.05, 0) is 43.0 Å². The van der Waals surface area contributed by atoms with E-state index in [1.807, 2.05) is 12.1 Å². The first kappa shape index (κ1) is 21.8. The van der Waals surface area contributed by atoms with Crippen LogP contribution in [0.3, 0.4) is 0 Å². The van der Waals surface area contributed by atoms with Crippen LogP contribution in [0.2, 0.25) is 18.1 Å². The van der Waals surface area contributed by atoms with Crippen LogP contribution in [0.5, 0.6) is 11.5 Å². The average molecular weight is 368 g/mol. The molecule has 0 radical (unpaired) electrons. The Bertz CT molecular complexity index is 551. The lowest BCUT2D eigenvalue weighted by molar-refractivity contribution is 0.271. The zero-order valence-electron chi connectivity index (χ0n) is 17.4. The fourth-order valence-electron chi connectivity index (χ4n) is 2.16. The van der Waals surface area contributed by atoms with Crippen molar-refractivity contribution in [3.8, 4) is 11.5 Å². The summed E-state index contributed by atoms with van der Waals surface area (Å²) in [6.45, 7) is 16.8. The Hall–Kier alpha value is -1.20. The van der Waals surface area contributed by atoms with Gasteiger partial charge in [0.05, 0.1) is 20.3 Å². The minimum Gasteiger partial charge on any atom is -0.493 e. The van der Waals surface area contributed by atoms with Crippen LogP contribution in [0.1, 0.15) is 53.0 Å². The lowest BCUT2D eigenvalue weighted by Crippen LogP contribution is -2.40. The molecule has 0 saturated carbocycles. The lowest BCUT2D eigenvalue weighted by atomic mass is 10.1. The van der Waals surface area contributed by atoms with E-state index in [9.17, 15) is 0 Å². The predicted octanol–water partition coefficient (Wildman–Crippen LogP) is 5.61. The van der Waals surface area contributed by atoms with E-state index in [1.165, 1.54) is 0 Å². The molecule has 0 heterocycles. The van der Waals surface area contributed by atoms with Crippen LogP contribution in [-0.2, 0) is 11.0 Å². The van der Waals surface area contributed by atoms with E-state index in [0.29, 0.717) is 36.3 Å². The van der Waals surface area contributed by atoms with Crippen LogP contribution in [-0.4, -0.2) is 22.0 Å². The quantitative estimate of drug-likeness (QED) is 0.350. The molecular formula is C20H37NO3Si. The van der Waals surface area contributed by atoms with Crippen molar-refractivity contribution < 1.29 is 13.9 Å². The van der Waals surface area contributed by atoms with Gasteiger partial charge in [0.15, 0.2) is 19.8 Å². The highest BCUT2D eigenvalue weighted by Gasteiger charge is 2.37. The molecule has 25 heavy (non-hydrogen) atoms. The standard InChI is InChI=1S/C20H37NO3Si/c1-15(2)10-9-11-23-19-13-17(21)16(12-18(19)22-6)14-24-25(7,8)20(3,4)5/h12-13,15H,9-11,14,21H2,1-8H3. The van der Waals surface area contributed by atoms with Crippen molar-refractivity contribution in [1.29, 1.82) is 0 Å². The third kappa shape index (κ3) is 6.55. The molecule has 0 aromatic heterocycles. The maximum atomic E-state index is 6.29. The van der Waals surface area contributed by atoms with Crippen molar-refractivity contribution in [2.75, 3.05) is 19.5 Å². The topological polar surface area (TPSA) is 53.7 Å². The van der Waals surface area contributed by atoms with E-state index in [2.05, 4.69) is 47.7 Å². The highest BCUT2D eigenvalue weighted by Crippen LogP contribution is 2.38. The minimum absolute atomic E-state index is 0.172.